The molecule has 1 heterocycles. The van der Waals surface area contributed by atoms with Gasteiger partial charge < -0.3 is 14.5 Å². The number of halogens is 2. The van der Waals surface area contributed by atoms with Gasteiger partial charge >= 0.3 is 0 Å². The van der Waals surface area contributed by atoms with Crippen molar-refractivity contribution in [3.8, 4) is 0 Å². The highest BCUT2D eigenvalue weighted by Crippen LogP contribution is 2.24. The van der Waals surface area contributed by atoms with Crippen LogP contribution in [0.25, 0.3) is 0 Å². The lowest BCUT2D eigenvalue weighted by Gasteiger charge is -2.31. The molecule has 1 saturated heterocycles. The minimum atomic E-state index is -0.431. The topological polar surface area (TPSA) is 32.8 Å². The minimum Gasteiger partial charge on any atom is -0.378 e. The van der Waals surface area contributed by atoms with Gasteiger partial charge in [-0.1, -0.05) is 34.1 Å². The summed E-state index contributed by atoms with van der Waals surface area (Å²) in [6, 6.07) is 12.3. The summed E-state index contributed by atoms with van der Waals surface area (Å²) in [5.74, 6) is -0.642. The van der Waals surface area contributed by atoms with Crippen LogP contribution in [-0.4, -0.2) is 44.2 Å². The van der Waals surface area contributed by atoms with Crippen LogP contribution in [0.5, 0.6) is 0 Å². The fourth-order valence-corrected chi connectivity index (χ4v) is 3.45. The van der Waals surface area contributed by atoms with Crippen LogP contribution in [0.4, 0.5) is 10.1 Å². The molecule has 1 aliphatic rings. The lowest BCUT2D eigenvalue weighted by Crippen LogP contribution is -2.37. The molecular weight excluding hydrogens is 387 g/mol. The molecule has 6 heteroatoms. The molecule has 0 aliphatic carbocycles. The SMILES string of the molecule is CN(Cc1ccccc1N1CCOCC1)C(=O)c1cc(F)cc(Br)c1. The van der Waals surface area contributed by atoms with Gasteiger partial charge in [-0.25, -0.2) is 4.39 Å². The Morgan fingerprint density at radius 3 is 2.68 bits per heavy atom. The molecule has 0 atom stereocenters. The van der Waals surface area contributed by atoms with Gasteiger partial charge in [0.2, 0.25) is 0 Å². The molecule has 1 aliphatic heterocycles. The summed E-state index contributed by atoms with van der Waals surface area (Å²) in [6.45, 7) is 3.55. The maximum absolute atomic E-state index is 13.6. The van der Waals surface area contributed by atoms with Crippen molar-refractivity contribution < 1.29 is 13.9 Å². The average Bonchev–Trinajstić information content (AvgIpc) is 2.61. The van der Waals surface area contributed by atoms with E-state index in [2.05, 4.69) is 26.9 Å². The number of morpholine rings is 1. The average molecular weight is 407 g/mol. The number of hydrogen-bond donors (Lipinski definition) is 0. The summed E-state index contributed by atoms with van der Waals surface area (Å²) < 4.78 is 19.5. The highest BCUT2D eigenvalue weighted by Gasteiger charge is 2.18. The summed E-state index contributed by atoms with van der Waals surface area (Å²) in [7, 11) is 1.73. The van der Waals surface area contributed by atoms with Crippen molar-refractivity contribution in [1.29, 1.82) is 0 Å². The van der Waals surface area contributed by atoms with E-state index in [1.165, 1.54) is 12.1 Å². The quantitative estimate of drug-likeness (QED) is 0.775. The first-order chi connectivity index (χ1) is 12.0. The molecule has 2 aromatic rings. The molecule has 0 aromatic heterocycles. The van der Waals surface area contributed by atoms with Gasteiger partial charge in [-0.3, -0.25) is 4.79 Å². The van der Waals surface area contributed by atoms with Gasteiger partial charge in [-0.15, -0.1) is 0 Å². The van der Waals surface area contributed by atoms with Gasteiger partial charge in [-0.05, 0) is 29.8 Å². The minimum absolute atomic E-state index is 0.211. The third-order valence-electron chi connectivity index (χ3n) is 4.21. The molecular formula is C19H20BrFN2O2. The number of amides is 1. The first-order valence-electron chi connectivity index (χ1n) is 8.17. The Kier molecular flexibility index (Phi) is 5.71. The summed E-state index contributed by atoms with van der Waals surface area (Å²) in [4.78, 5) is 16.5. The molecule has 2 aromatic carbocycles. The molecule has 3 rings (SSSR count). The van der Waals surface area contributed by atoms with E-state index in [1.54, 1.807) is 18.0 Å². The van der Waals surface area contributed by atoms with Crippen molar-refractivity contribution in [2.45, 2.75) is 6.54 Å². The molecule has 4 nitrogen and oxygen atoms in total. The Bertz CT molecular complexity index is 743. The van der Waals surface area contributed by atoms with Gasteiger partial charge in [0.15, 0.2) is 0 Å². The van der Waals surface area contributed by atoms with Gasteiger partial charge in [-0.2, -0.15) is 0 Å². The third-order valence-corrected chi connectivity index (χ3v) is 4.66. The van der Waals surface area contributed by atoms with E-state index in [0.29, 0.717) is 29.8 Å². The number of nitrogens with zero attached hydrogens (tertiary/aromatic N) is 2. The van der Waals surface area contributed by atoms with Crippen molar-refractivity contribution in [2.24, 2.45) is 0 Å². The Morgan fingerprint density at radius 1 is 1.24 bits per heavy atom. The van der Waals surface area contributed by atoms with Crippen LogP contribution in [0, 0.1) is 5.82 Å². The number of ether oxygens (including phenoxy) is 1. The second kappa shape index (κ2) is 7.97. The molecule has 0 saturated carbocycles. The van der Waals surface area contributed by atoms with Crippen molar-refractivity contribution in [2.75, 3.05) is 38.3 Å². The Balaban J connectivity index is 1.78. The van der Waals surface area contributed by atoms with E-state index >= 15 is 0 Å². The highest BCUT2D eigenvalue weighted by atomic mass is 79.9. The summed E-state index contributed by atoms with van der Waals surface area (Å²) in [6.07, 6.45) is 0. The monoisotopic (exact) mass is 406 g/mol. The third kappa shape index (κ3) is 4.38. The van der Waals surface area contributed by atoms with Gasteiger partial charge in [0.25, 0.3) is 5.91 Å². The van der Waals surface area contributed by atoms with Crippen molar-refractivity contribution in [3.63, 3.8) is 0 Å². The molecule has 0 N–H and O–H groups in total. The van der Waals surface area contributed by atoms with Gasteiger partial charge in [0, 0.05) is 42.4 Å². The number of para-hydroxylation sites is 1. The Labute approximate surface area is 155 Å². The summed E-state index contributed by atoms with van der Waals surface area (Å²) >= 11 is 3.23. The van der Waals surface area contributed by atoms with Crippen LogP contribution in [0.1, 0.15) is 15.9 Å². The fraction of sp³-hybridized carbons (Fsp3) is 0.316. The summed E-state index contributed by atoms with van der Waals surface area (Å²) in [5, 5.41) is 0. The first kappa shape index (κ1) is 17.9. The predicted molar refractivity (Wildman–Crippen MR) is 99.4 cm³/mol. The zero-order valence-electron chi connectivity index (χ0n) is 14.0. The van der Waals surface area contributed by atoms with Gasteiger partial charge in [0.1, 0.15) is 5.82 Å². The second-order valence-corrected chi connectivity index (χ2v) is 6.96. The molecule has 0 spiro atoms. The number of carbonyl (C=O) groups is 1. The van der Waals surface area contributed by atoms with Crippen molar-refractivity contribution in [3.05, 3.63) is 63.9 Å². The van der Waals surface area contributed by atoms with Crippen LogP contribution in [-0.2, 0) is 11.3 Å². The van der Waals surface area contributed by atoms with Crippen LogP contribution < -0.4 is 4.90 Å². The normalized spacial score (nSPS) is 14.4. The fourth-order valence-electron chi connectivity index (χ4n) is 2.98. The van der Waals surface area contributed by atoms with E-state index in [0.717, 1.165) is 24.3 Å². The lowest BCUT2D eigenvalue weighted by molar-refractivity contribution is 0.0784. The number of carbonyl (C=O) groups excluding carboxylic acids is 1. The molecule has 1 amide bonds. The summed E-state index contributed by atoms with van der Waals surface area (Å²) in [5.41, 5.74) is 2.51. The zero-order chi connectivity index (χ0) is 17.8. The molecule has 0 bridgehead atoms. The number of hydrogen-bond acceptors (Lipinski definition) is 3. The van der Waals surface area contributed by atoms with E-state index < -0.39 is 5.82 Å². The maximum atomic E-state index is 13.6. The first-order valence-corrected chi connectivity index (χ1v) is 8.96. The Hall–Kier alpha value is -1.92. The number of anilines is 1. The van der Waals surface area contributed by atoms with E-state index in [4.69, 9.17) is 4.74 Å². The lowest BCUT2D eigenvalue weighted by atomic mass is 10.1. The van der Waals surface area contributed by atoms with Crippen LogP contribution in [0.3, 0.4) is 0 Å². The standard InChI is InChI=1S/C19H20BrFN2O2/c1-22(19(24)15-10-16(20)12-17(21)11-15)13-14-4-2-3-5-18(14)23-6-8-25-9-7-23/h2-5,10-12H,6-9,13H2,1H3. The highest BCUT2D eigenvalue weighted by molar-refractivity contribution is 9.10. The molecule has 1 fully saturated rings. The van der Waals surface area contributed by atoms with Crippen LogP contribution in [0.15, 0.2) is 46.9 Å². The Morgan fingerprint density at radius 2 is 1.96 bits per heavy atom. The molecule has 25 heavy (non-hydrogen) atoms. The molecule has 132 valence electrons. The van der Waals surface area contributed by atoms with Crippen molar-refractivity contribution >= 4 is 27.5 Å². The van der Waals surface area contributed by atoms with Crippen LogP contribution in [0.2, 0.25) is 0 Å². The van der Waals surface area contributed by atoms with Gasteiger partial charge in [0.05, 0.1) is 13.2 Å². The molecule has 0 radical (unpaired) electrons. The largest absolute Gasteiger partial charge is 0.378 e. The predicted octanol–water partition coefficient (Wildman–Crippen LogP) is 3.70. The molecule has 0 unspecified atom stereocenters. The van der Waals surface area contributed by atoms with Crippen molar-refractivity contribution in [1.82, 2.24) is 4.90 Å². The van der Waals surface area contributed by atoms with E-state index in [9.17, 15) is 9.18 Å². The smallest absolute Gasteiger partial charge is 0.254 e. The number of benzene rings is 2. The van der Waals surface area contributed by atoms with E-state index in [-0.39, 0.29) is 5.91 Å². The maximum Gasteiger partial charge on any atom is 0.254 e. The second-order valence-electron chi connectivity index (χ2n) is 6.05. The van der Waals surface area contributed by atoms with Crippen LogP contribution >= 0.6 is 15.9 Å². The number of rotatable bonds is 4. The van der Waals surface area contributed by atoms with E-state index in [1.807, 2.05) is 18.2 Å². The zero-order valence-corrected chi connectivity index (χ0v) is 15.6.